The van der Waals surface area contributed by atoms with Crippen LogP contribution in [0.2, 0.25) is 0 Å². The van der Waals surface area contributed by atoms with Crippen molar-refractivity contribution in [1.82, 2.24) is 35.2 Å². The SMILES string of the molecule is CCC(=O)N[C@H](Cc1ccc(NC(=O)[C@@H](NC(=O)c2ccnn2C)C2CCCCC2)cc1)C(=O)N1CCN(Cc2ccccn2)CC1. The number of aromatic nitrogens is 3. The second-order valence-electron chi connectivity index (χ2n) is 12.5. The fourth-order valence-corrected chi connectivity index (χ4v) is 6.42. The van der Waals surface area contributed by atoms with E-state index in [1.165, 1.54) is 4.68 Å². The maximum atomic E-state index is 13.6. The molecule has 2 aromatic heterocycles. The molecule has 0 radical (unpaired) electrons. The zero-order valence-electron chi connectivity index (χ0n) is 27.4. The first-order valence-electron chi connectivity index (χ1n) is 16.7. The molecule has 12 heteroatoms. The number of hydrogen-bond donors (Lipinski definition) is 3. The molecule has 2 fully saturated rings. The summed E-state index contributed by atoms with van der Waals surface area (Å²) in [5, 5.41) is 13.0. The maximum Gasteiger partial charge on any atom is 0.270 e. The number of pyridine rings is 1. The molecule has 4 amide bonds. The Morgan fingerprint density at radius 1 is 0.894 bits per heavy atom. The summed E-state index contributed by atoms with van der Waals surface area (Å²) in [5.74, 6) is -0.814. The topological polar surface area (TPSA) is 142 Å². The summed E-state index contributed by atoms with van der Waals surface area (Å²) in [6.07, 6.45) is 8.90. The van der Waals surface area contributed by atoms with E-state index in [9.17, 15) is 19.2 Å². The number of nitrogens with one attached hydrogen (secondary N) is 3. The first kappa shape index (κ1) is 33.8. The minimum absolute atomic E-state index is 0.0472. The van der Waals surface area contributed by atoms with Crippen molar-refractivity contribution in [3.8, 4) is 0 Å². The van der Waals surface area contributed by atoms with E-state index in [-0.39, 0.29) is 36.0 Å². The molecule has 1 saturated carbocycles. The molecule has 1 aliphatic carbocycles. The van der Waals surface area contributed by atoms with Crippen molar-refractivity contribution in [3.63, 3.8) is 0 Å². The number of nitrogens with zero attached hydrogens (tertiary/aromatic N) is 5. The van der Waals surface area contributed by atoms with E-state index in [0.29, 0.717) is 30.9 Å². The first-order chi connectivity index (χ1) is 22.8. The van der Waals surface area contributed by atoms with Crippen molar-refractivity contribution in [3.05, 3.63) is 77.9 Å². The third kappa shape index (κ3) is 9.25. The maximum absolute atomic E-state index is 13.6. The number of benzene rings is 1. The lowest BCUT2D eigenvalue weighted by molar-refractivity contribution is -0.138. The molecule has 12 nitrogen and oxygen atoms in total. The van der Waals surface area contributed by atoms with Crippen molar-refractivity contribution in [2.75, 3.05) is 31.5 Å². The highest BCUT2D eigenvalue weighted by atomic mass is 16.2. The molecule has 0 unspecified atom stereocenters. The predicted molar refractivity (Wildman–Crippen MR) is 178 cm³/mol. The number of carbonyl (C=O) groups is 4. The largest absolute Gasteiger partial charge is 0.344 e. The van der Waals surface area contributed by atoms with Crippen LogP contribution in [0.15, 0.2) is 60.9 Å². The number of amides is 4. The molecule has 2 atom stereocenters. The lowest BCUT2D eigenvalue weighted by atomic mass is 9.83. The minimum Gasteiger partial charge on any atom is -0.344 e. The van der Waals surface area contributed by atoms with Crippen molar-refractivity contribution in [2.24, 2.45) is 13.0 Å². The molecule has 0 bridgehead atoms. The summed E-state index contributed by atoms with van der Waals surface area (Å²) in [6, 6.07) is 13.5. The summed E-state index contributed by atoms with van der Waals surface area (Å²) in [4.78, 5) is 61.1. The van der Waals surface area contributed by atoms with Gasteiger partial charge in [-0.05, 0) is 54.7 Å². The quantitative estimate of drug-likeness (QED) is 0.276. The number of aryl methyl sites for hydroxylation is 1. The molecule has 5 rings (SSSR count). The standard InChI is InChI=1S/C35H46N8O4/c1-3-31(44)39-29(35(47)43-21-19-42(20-22-43)24-28-11-7-8-17-36-28)23-25-12-14-27(15-13-25)38-34(46)32(26-9-5-4-6-10-26)40-33(45)30-16-18-37-41(30)2/h7-8,11-18,26,29,32H,3-6,9-10,19-24H2,1-2H3,(H,38,46)(H,39,44)(H,40,45)/t29-,32+/m1/s1. The van der Waals surface area contributed by atoms with Crippen LogP contribution in [0.3, 0.4) is 0 Å². The van der Waals surface area contributed by atoms with Gasteiger partial charge in [0.25, 0.3) is 5.91 Å². The van der Waals surface area contributed by atoms with E-state index in [1.54, 1.807) is 44.6 Å². The Hall–Kier alpha value is -4.58. The molecule has 2 aliphatic rings. The van der Waals surface area contributed by atoms with Crippen molar-refractivity contribution in [1.29, 1.82) is 0 Å². The number of anilines is 1. The van der Waals surface area contributed by atoms with Crippen LogP contribution in [0, 0.1) is 5.92 Å². The van der Waals surface area contributed by atoms with Gasteiger partial charge in [-0.15, -0.1) is 0 Å². The van der Waals surface area contributed by atoms with Crippen molar-refractivity contribution >= 4 is 29.3 Å². The van der Waals surface area contributed by atoms with Crippen LogP contribution in [0.1, 0.15) is 67.2 Å². The van der Waals surface area contributed by atoms with Gasteiger partial charge in [-0.2, -0.15) is 5.10 Å². The summed E-state index contributed by atoms with van der Waals surface area (Å²) >= 11 is 0. The monoisotopic (exact) mass is 642 g/mol. The van der Waals surface area contributed by atoms with E-state index in [0.717, 1.165) is 63.0 Å². The summed E-state index contributed by atoms with van der Waals surface area (Å²) < 4.78 is 1.49. The van der Waals surface area contributed by atoms with Gasteiger partial charge >= 0.3 is 0 Å². The van der Waals surface area contributed by atoms with Gasteiger partial charge in [-0.1, -0.05) is 44.4 Å². The predicted octanol–water partition coefficient (Wildman–Crippen LogP) is 2.91. The Morgan fingerprint density at radius 2 is 1.64 bits per heavy atom. The molecule has 1 saturated heterocycles. The van der Waals surface area contributed by atoms with E-state index >= 15 is 0 Å². The number of hydrogen-bond acceptors (Lipinski definition) is 7. The van der Waals surface area contributed by atoms with Crippen LogP contribution in [0.4, 0.5) is 5.69 Å². The molecule has 3 heterocycles. The van der Waals surface area contributed by atoms with Crippen LogP contribution < -0.4 is 16.0 Å². The van der Waals surface area contributed by atoms with Gasteiger partial charge in [0, 0.05) is 70.7 Å². The average molecular weight is 643 g/mol. The van der Waals surface area contributed by atoms with Gasteiger partial charge in [0.05, 0.1) is 5.69 Å². The zero-order chi connectivity index (χ0) is 33.2. The smallest absolute Gasteiger partial charge is 0.270 e. The van der Waals surface area contributed by atoms with Gasteiger partial charge in [-0.25, -0.2) is 0 Å². The van der Waals surface area contributed by atoms with Crippen LogP contribution >= 0.6 is 0 Å². The fourth-order valence-electron chi connectivity index (χ4n) is 6.42. The second-order valence-corrected chi connectivity index (χ2v) is 12.5. The van der Waals surface area contributed by atoms with Gasteiger partial charge in [0.1, 0.15) is 17.8 Å². The number of piperazine rings is 1. The van der Waals surface area contributed by atoms with Crippen LogP contribution in [-0.4, -0.2) is 86.5 Å². The normalized spacial score (nSPS) is 17.0. The average Bonchev–Trinajstić information content (AvgIpc) is 3.54. The second kappa shape index (κ2) is 16.3. The first-order valence-corrected chi connectivity index (χ1v) is 16.7. The van der Waals surface area contributed by atoms with E-state index < -0.39 is 12.1 Å². The molecular formula is C35H46N8O4. The number of carbonyl (C=O) groups excluding carboxylic acids is 4. The van der Waals surface area contributed by atoms with Crippen molar-refractivity contribution < 1.29 is 19.2 Å². The zero-order valence-corrected chi connectivity index (χ0v) is 27.4. The van der Waals surface area contributed by atoms with E-state index in [1.807, 2.05) is 35.2 Å². The molecular weight excluding hydrogens is 596 g/mol. The van der Waals surface area contributed by atoms with Crippen LogP contribution in [-0.2, 0) is 34.4 Å². The van der Waals surface area contributed by atoms with Crippen molar-refractivity contribution in [2.45, 2.75) is 70.5 Å². The molecule has 1 aromatic carbocycles. The Labute approximate surface area is 276 Å². The number of rotatable bonds is 12. The summed E-state index contributed by atoms with van der Waals surface area (Å²) in [6.45, 7) is 5.12. The Kier molecular flexibility index (Phi) is 11.7. The van der Waals surface area contributed by atoms with E-state index in [2.05, 4.69) is 30.9 Å². The van der Waals surface area contributed by atoms with Gasteiger partial charge < -0.3 is 20.9 Å². The Morgan fingerprint density at radius 3 is 2.28 bits per heavy atom. The lowest BCUT2D eigenvalue weighted by Crippen LogP contribution is -2.55. The lowest BCUT2D eigenvalue weighted by Gasteiger charge is -2.36. The van der Waals surface area contributed by atoms with Crippen LogP contribution in [0.5, 0.6) is 0 Å². The third-order valence-electron chi connectivity index (χ3n) is 9.16. The molecule has 3 aromatic rings. The molecule has 3 N–H and O–H groups in total. The fraction of sp³-hybridized carbons (Fsp3) is 0.486. The summed E-state index contributed by atoms with van der Waals surface area (Å²) in [5.41, 5.74) is 2.85. The Balaban J connectivity index is 1.20. The van der Waals surface area contributed by atoms with Gasteiger partial charge in [0.2, 0.25) is 17.7 Å². The van der Waals surface area contributed by atoms with Gasteiger partial charge in [0.15, 0.2) is 0 Å². The Bertz CT molecular complexity index is 1500. The molecule has 250 valence electrons. The minimum atomic E-state index is -0.692. The molecule has 1 aliphatic heterocycles. The highest BCUT2D eigenvalue weighted by Crippen LogP contribution is 2.27. The highest BCUT2D eigenvalue weighted by molar-refractivity contribution is 6.00. The summed E-state index contributed by atoms with van der Waals surface area (Å²) in [7, 11) is 1.70. The molecule has 0 spiro atoms. The van der Waals surface area contributed by atoms with Gasteiger partial charge in [-0.3, -0.25) is 33.7 Å². The molecule has 47 heavy (non-hydrogen) atoms. The highest BCUT2D eigenvalue weighted by Gasteiger charge is 2.32. The van der Waals surface area contributed by atoms with Crippen LogP contribution in [0.25, 0.3) is 0 Å². The third-order valence-corrected chi connectivity index (χ3v) is 9.16. The van der Waals surface area contributed by atoms with E-state index in [4.69, 9.17) is 0 Å².